The molecule has 5 nitrogen and oxygen atoms in total. The Morgan fingerprint density at radius 1 is 1.07 bits per heavy atom. The summed E-state index contributed by atoms with van der Waals surface area (Å²) >= 11 is 0. The number of para-hydroxylation sites is 1. The van der Waals surface area contributed by atoms with Gasteiger partial charge in [0.05, 0.1) is 13.2 Å². The summed E-state index contributed by atoms with van der Waals surface area (Å²) in [6.45, 7) is 2.61. The molecule has 0 aromatic heterocycles. The van der Waals surface area contributed by atoms with Gasteiger partial charge in [0.2, 0.25) is 5.91 Å². The number of rotatable bonds is 5. The predicted molar refractivity (Wildman–Crippen MR) is 111 cm³/mol. The van der Waals surface area contributed by atoms with Crippen LogP contribution in [-0.4, -0.2) is 49.8 Å². The average Bonchev–Trinajstić information content (AvgIpc) is 3.25. The third kappa shape index (κ3) is 4.05. The number of carbonyl (C=O) groups is 1. The Morgan fingerprint density at radius 3 is 2.57 bits per heavy atom. The van der Waals surface area contributed by atoms with Crippen LogP contribution in [0.25, 0.3) is 11.1 Å². The van der Waals surface area contributed by atoms with Gasteiger partial charge in [-0.05, 0) is 56.0 Å². The van der Waals surface area contributed by atoms with Gasteiger partial charge in [-0.3, -0.25) is 9.69 Å². The summed E-state index contributed by atoms with van der Waals surface area (Å²) in [5.74, 6) is 0.924. The van der Waals surface area contributed by atoms with E-state index < -0.39 is 0 Å². The molecule has 0 radical (unpaired) electrons. The molecular weight excluding hydrogens is 352 g/mol. The van der Waals surface area contributed by atoms with Crippen LogP contribution >= 0.6 is 0 Å². The Labute approximate surface area is 166 Å². The normalized spacial score (nSPS) is 20.8. The van der Waals surface area contributed by atoms with Crippen LogP contribution < -0.4 is 10.1 Å². The minimum atomic E-state index is -0.0491. The monoisotopic (exact) mass is 380 g/mol. The zero-order valence-electron chi connectivity index (χ0n) is 16.4. The average molecular weight is 380 g/mol. The fourth-order valence-corrected chi connectivity index (χ4v) is 4.35. The van der Waals surface area contributed by atoms with E-state index >= 15 is 0 Å². The molecule has 0 bridgehead atoms. The fourth-order valence-electron chi connectivity index (χ4n) is 4.35. The van der Waals surface area contributed by atoms with Crippen LogP contribution in [0.2, 0.25) is 0 Å². The smallest absolute Gasteiger partial charge is 0.241 e. The first-order chi connectivity index (χ1) is 13.8. The minimum Gasteiger partial charge on any atom is -0.497 e. The van der Waals surface area contributed by atoms with Gasteiger partial charge in [-0.2, -0.15) is 0 Å². The summed E-state index contributed by atoms with van der Waals surface area (Å²) in [5.41, 5.74) is 2.94. The van der Waals surface area contributed by atoms with Gasteiger partial charge in [0.25, 0.3) is 0 Å². The van der Waals surface area contributed by atoms with Crippen molar-refractivity contribution in [3.05, 3.63) is 48.5 Å². The summed E-state index contributed by atoms with van der Waals surface area (Å²) < 4.78 is 10.7. The number of nitrogens with one attached hydrogen (secondary N) is 1. The molecule has 2 aromatic rings. The van der Waals surface area contributed by atoms with Crippen LogP contribution in [-0.2, 0) is 9.53 Å². The van der Waals surface area contributed by atoms with E-state index in [0.29, 0.717) is 6.04 Å². The van der Waals surface area contributed by atoms with Crippen molar-refractivity contribution < 1.29 is 14.3 Å². The van der Waals surface area contributed by atoms with Crippen LogP contribution in [0.15, 0.2) is 48.5 Å². The van der Waals surface area contributed by atoms with Gasteiger partial charge >= 0.3 is 0 Å². The first-order valence-electron chi connectivity index (χ1n) is 10.1. The molecule has 0 saturated carbocycles. The number of benzene rings is 2. The molecule has 2 aliphatic heterocycles. The SMILES string of the molecule is COc1ccc(-c2ccccc2NC(=O)[C@H]2CCCN2C2CCOCC2)cc1. The van der Waals surface area contributed by atoms with Crippen LogP contribution in [0.1, 0.15) is 25.7 Å². The summed E-state index contributed by atoms with van der Waals surface area (Å²) in [7, 11) is 1.66. The maximum absolute atomic E-state index is 13.1. The highest BCUT2D eigenvalue weighted by Crippen LogP contribution is 2.31. The van der Waals surface area contributed by atoms with Gasteiger partial charge in [-0.1, -0.05) is 30.3 Å². The molecule has 28 heavy (non-hydrogen) atoms. The van der Waals surface area contributed by atoms with Crippen molar-refractivity contribution in [3.8, 4) is 16.9 Å². The number of amides is 1. The highest BCUT2D eigenvalue weighted by molar-refractivity contribution is 5.98. The van der Waals surface area contributed by atoms with E-state index in [1.807, 2.05) is 48.5 Å². The van der Waals surface area contributed by atoms with Crippen molar-refractivity contribution in [1.82, 2.24) is 4.90 Å². The van der Waals surface area contributed by atoms with E-state index in [2.05, 4.69) is 10.2 Å². The van der Waals surface area contributed by atoms with Crippen LogP contribution in [0.5, 0.6) is 5.75 Å². The Balaban J connectivity index is 1.51. The van der Waals surface area contributed by atoms with Crippen molar-refractivity contribution >= 4 is 11.6 Å². The Bertz CT molecular complexity index is 800. The summed E-state index contributed by atoms with van der Waals surface area (Å²) in [5, 5.41) is 3.21. The number of carbonyl (C=O) groups excluding carboxylic acids is 1. The van der Waals surface area contributed by atoms with E-state index in [4.69, 9.17) is 9.47 Å². The van der Waals surface area contributed by atoms with Crippen molar-refractivity contribution in [2.24, 2.45) is 0 Å². The highest BCUT2D eigenvalue weighted by atomic mass is 16.5. The maximum Gasteiger partial charge on any atom is 0.241 e. The first kappa shape index (κ1) is 19.0. The number of anilines is 1. The lowest BCUT2D eigenvalue weighted by atomic mass is 10.0. The number of hydrogen-bond donors (Lipinski definition) is 1. The third-order valence-electron chi connectivity index (χ3n) is 5.84. The topological polar surface area (TPSA) is 50.8 Å². The van der Waals surface area contributed by atoms with E-state index in [0.717, 1.165) is 68.0 Å². The molecule has 148 valence electrons. The van der Waals surface area contributed by atoms with Gasteiger partial charge in [-0.15, -0.1) is 0 Å². The summed E-state index contributed by atoms with van der Waals surface area (Å²) in [6, 6.07) is 16.3. The lowest BCUT2D eigenvalue weighted by molar-refractivity contribution is -0.121. The molecule has 2 aliphatic rings. The van der Waals surface area contributed by atoms with E-state index in [1.54, 1.807) is 7.11 Å². The molecule has 2 fully saturated rings. The molecule has 1 amide bonds. The van der Waals surface area contributed by atoms with E-state index in [-0.39, 0.29) is 11.9 Å². The third-order valence-corrected chi connectivity index (χ3v) is 5.84. The van der Waals surface area contributed by atoms with Gasteiger partial charge in [0.15, 0.2) is 0 Å². The largest absolute Gasteiger partial charge is 0.497 e. The highest BCUT2D eigenvalue weighted by Gasteiger charge is 2.36. The number of methoxy groups -OCH3 is 1. The molecule has 2 aromatic carbocycles. The molecule has 0 unspecified atom stereocenters. The van der Waals surface area contributed by atoms with Crippen molar-refractivity contribution in [1.29, 1.82) is 0 Å². The minimum absolute atomic E-state index is 0.0491. The Hall–Kier alpha value is -2.37. The zero-order chi connectivity index (χ0) is 19.3. The molecule has 1 atom stereocenters. The number of hydrogen-bond acceptors (Lipinski definition) is 4. The predicted octanol–water partition coefficient (Wildman–Crippen LogP) is 3.94. The van der Waals surface area contributed by atoms with Gasteiger partial charge in [-0.25, -0.2) is 0 Å². The molecule has 1 N–H and O–H groups in total. The number of likely N-dealkylation sites (tertiary alicyclic amines) is 1. The van der Waals surface area contributed by atoms with Gasteiger partial charge in [0, 0.05) is 30.5 Å². The van der Waals surface area contributed by atoms with Crippen LogP contribution in [0, 0.1) is 0 Å². The Kier molecular flexibility index (Phi) is 5.93. The zero-order valence-corrected chi connectivity index (χ0v) is 16.4. The maximum atomic E-state index is 13.1. The second-order valence-corrected chi connectivity index (χ2v) is 7.50. The summed E-state index contributed by atoms with van der Waals surface area (Å²) in [4.78, 5) is 15.5. The molecule has 0 spiro atoms. The molecule has 2 saturated heterocycles. The lowest BCUT2D eigenvalue weighted by Gasteiger charge is -2.34. The van der Waals surface area contributed by atoms with Gasteiger partial charge < -0.3 is 14.8 Å². The van der Waals surface area contributed by atoms with Crippen molar-refractivity contribution in [2.45, 2.75) is 37.8 Å². The standard InChI is InChI=1S/C23H28N2O3/c1-27-19-10-8-17(9-11-19)20-5-2-3-6-21(20)24-23(26)22-7-4-14-25(22)18-12-15-28-16-13-18/h2-3,5-6,8-11,18,22H,4,7,12-16H2,1H3,(H,24,26)/t22-/m1/s1. The van der Waals surface area contributed by atoms with E-state index in [9.17, 15) is 4.79 Å². The van der Waals surface area contributed by atoms with Crippen LogP contribution in [0.3, 0.4) is 0 Å². The van der Waals surface area contributed by atoms with Crippen molar-refractivity contribution in [2.75, 3.05) is 32.2 Å². The van der Waals surface area contributed by atoms with Crippen molar-refractivity contribution in [3.63, 3.8) is 0 Å². The molecular formula is C23H28N2O3. The first-order valence-corrected chi connectivity index (χ1v) is 10.1. The number of nitrogens with zero attached hydrogens (tertiary/aromatic N) is 1. The Morgan fingerprint density at radius 2 is 1.82 bits per heavy atom. The van der Waals surface area contributed by atoms with E-state index in [1.165, 1.54) is 0 Å². The van der Waals surface area contributed by atoms with Crippen LogP contribution in [0.4, 0.5) is 5.69 Å². The fraction of sp³-hybridized carbons (Fsp3) is 0.435. The lowest BCUT2D eigenvalue weighted by Crippen LogP contribution is -2.47. The second kappa shape index (κ2) is 8.76. The quantitative estimate of drug-likeness (QED) is 0.854. The molecule has 5 heteroatoms. The van der Waals surface area contributed by atoms with Gasteiger partial charge in [0.1, 0.15) is 5.75 Å². The molecule has 4 rings (SSSR count). The second-order valence-electron chi connectivity index (χ2n) is 7.50. The molecule has 2 heterocycles. The number of ether oxygens (including phenoxy) is 2. The molecule has 0 aliphatic carbocycles. The summed E-state index contributed by atoms with van der Waals surface area (Å²) in [6.07, 6.45) is 4.04.